The van der Waals surface area contributed by atoms with E-state index in [4.69, 9.17) is 0 Å². The van der Waals surface area contributed by atoms with Gasteiger partial charge in [0.05, 0.1) is 4.90 Å². The first-order valence-electron chi connectivity index (χ1n) is 6.26. The van der Waals surface area contributed by atoms with Crippen molar-refractivity contribution in [2.24, 2.45) is 0 Å². The van der Waals surface area contributed by atoms with Crippen molar-refractivity contribution in [1.29, 1.82) is 0 Å². The molecule has 108 valence electrons. The van der Waals surface area contributed by atoms with Gasteiger partial charge in [0, 0.05) is 30.4 Å². The maximum Gasteiger partial charge on any atom is 0.243 e. The zero-order valence-electron chi connectivity index (χ0n) is 11.5. The second kappa shape index (κ2) is 6.49. The molecular weight excluding hydrogens is 292 g/mol. The standard InChI is InChI=1S/C14H18N2O2S2/c1-15-9-13-8-14(11-19-13)20(17,18)16(2)10-12-6-4-3-5-7-12/h3-8,11,15H,9-10H2,1-2H3. The zero-order valence-corrected chi connectivity index (χ0v) is 13.2. The monoisotopic (exact) mass is 310 g/mol. The molecule has 6 heteroatoms. The molecule has 0 atom stereocenters. The molecule has 1 N–H and O–H groups in total. The third kappa shape index (κ3) is 3.46. The van der Waals surface area contributed by atoms with Crippen LogP contribution in [0.25, 0.3) is 0 Å². The summed E-state index contributed by atoms with van der Waals surface area (Å²) in [6.45, 7) is 1.06. The molecule has 0 bridgehead atoms. The second-order valence-corrected chi connectivity index (χ2v) is 7.57. The fraction of sp³-hybridized carbons (Fsp3) is 0.286. The summed E-state index contributed by atoms with van der Waals surface area (Å²) >= 11 is 1.46. The first-order valence-corrected chi connectivity index (χ1v) is 8.58. The summed E-state index contributed by atoms with van der Waals surface area (Å²) in [6.07, 6.45) is 0. The van der Waals surface area contributed by atoms with Crippen LogP contribution in [-0.2, 0) is 23.1 Å². The number of benzene rings is 1. The Morgan fingerprint density at radius 3 is 2.60 bits per heavy atom. The highest BCUT2D eigenvalue weighted by atomic mass is 32.2. The van der Waals surface area contributed by atoms with E-state index in [0.29, 0.717) is 18.0 Å². The first-order chi connectivity index (χ1) is 9.54. The van der Waals surface area contributed by atoms with Crippen molar-refractivity contribution in [3.05, 3.63) is 52.2 Å². The van der Waals surface area contributed by atoms with Gasteiger partial charge in [0.1, 0.15) is 0 Å². The number of nitrogens with zero attached hydrogens (tertiary/aromatic N) is 1. The predicted octanol–water partition coefficient (Wildman–Crippen LogP) is 2.29. The van der Waals surface area contributed by atoms with Crippen molar-refractivity contribution < 1.29 is 8.42 Å². The molecule has 20 heavy (non-hydrogen) atoms. The van der Waals surface area contributed by atoms with Gasteiger partial charge in [-0.2, -0.15) is 4.31 Å². The van der Waals surface area contributed by atoms with E-state index >= 15 is 0 Å². The lowest BCUT2D eigenvalue weighted by Gasteiger charge is -2.16. The van der Waals surface area contributed by atoms with Gasteiger partial charge in [0.25, 0.3) is 0 Å². The highest BCUT2D eigenvalue weighted by Crippen LogP contribution is 2.23. The van der Waals surface area contributed by atoms with Crippen molar-refractivity contribution in [3.63, 3.8) is 0 Å². The minimum Gasteiger partial charge on any atom is -0.315 e. The van der Waals surface area contributed by atoms with Gasteiger partial charge in [-0.15, -0.1) is 11.3 Å². The maximum absolute atomic E-state index is 12.5. The lowest BCUT2D eigenvalue weighted by Crippen LogP contribution is -2.26. The third-order valence-corrected chi connectivity index (χ3v) is 5.80. The van der Waals surface area contributed by atoms with Gasteiger partial charge in [-0.3, -0.25) is 0 Å². The van der Waals surface area contributed by atoms with Crippen LogP contribution in [0.5, 0.6) is 0 Å². The van der Waals surface area contributed by atoms with E-state index < -0.39 is 10.0 Å². The maximum atomic E-state index is 12.5. The fourth-order valence-corrected chi connectivity index (χ4v) is 4.30. The van der Waals surface area contributed by atoms with E-state index in [-0.39, 0.29) is 0 Å². The molecule has 0 aliphatic heterocycles. The average Bonchev–Trinajstić information content (AvgIpc) is 2.89. The van der Waals surface area contributed by atoms with Crippen LogP contribution in [-0.4, -0.2) is 26.8 Å². The van der Waals surface area contributed by atoms with Gasteiger partial charge >= 0.3 is 0 Å². The van der Waals surface area contributed by atoms with Crippen LogP contribution in [0.2, 0.25) is 0 Å². The van der Waals surface area contributed by atoms with Crippen molar-refractivity contribution in [2.45, 2.75) is 18.0 Å². The largest absolute Gasteiger partial charge is 0.315 e. The number of thiophene rings is 1. The Kier molecular flexibility index (Phi) is 4.93. The predicted molar refractivity (Wildman–Crippen MR) is 82.2 cm³/mol. The van der Waals surface area contributed by atoms with E-state index in [1.165, 1.54) is 15.6 Å². The van der Waals surface area contributed by atoms with Crippen molar-refractivity contribution in [1.82, 2.24) is 9.62 Å². The quantitative estimate of drug-likeness (QED) is 0.890. The molecule has 0 aliphatic rings. The molecule has 0 amide bonds. The van der Waals surface area contributed by atoms with Crippen LogP contribution in [0, 0.1) is 0 Å². The Labute approximate surface area is 124 Å². The molecule has 0 fully saturated rings. The van der Waals surface area contributed by atoms with Gasteiger partial charge in [0.15, 0.2) is 0 Å². The van der Waals surface area contributed by atoms with Gasteiger partial charge in [0.2, 0.25) is 10.0 Å². The third-order valence-electron chi connectivity index (χ3n) is 2.94. The molecule has 0 radical (unpaired) electrons. The van der Waals surface area contributed by atoms with Crippen LogP contribution >= 0.6 is 11.3 Å². The summed E-state index contributed by atoms with van der Waals surface area (Å²) in [7, 11) is 0.0329. The van der Waals surface area contributed by atoms with E-state index in [9.17, 15) is 8.42 Å². The van der Waals surface area contributed by atoms with Crippen molar-refractivity contribution >= 4 is 21.4 Å². The highest BCUT2D eigenvalue weighted by Gasteiger charge is 2.22. The molecule has 0 spiro atoms. The van der Waals surface area contributed by atoms with E-state index in [1.54, 1.807) is 18.5 Å². The molecule has 2 aromatic rings. The lowest BCUT2D eigenvalue weighted by atomic mass is 10.2. The lowest BCUT2D eigenvalue weighted by molar-refractivity contribution is 0.467. The minimum atomic E-state index is -3.42. The molecule has 0 saturated carbocycles. The Balaban J connectivity index is 2.16. The molecular formula is C14H18N2O2S2. The Morgan fingerprint density at radius 2 is 1.95 bits per heavy atom. The van der Waals surface area contributed by atoms with Crippen molar-refractivity contribution in [2.75, 3.05) is 14.1 Å². The van der Waals surface area contributed by atoms with Crippen LogP contribution in [0.1, 0.15) is 10.4 Å². The smallest absolute Gasteiger partial charge is 0.243 e. The van der Waals surface area contributed by atoms with Gasteiger partial charge in [-0.05, 0) is 18.7 Å². The van der Waals surface area contributed by atoms with E-state index in [2.05, 4.69) is 5.32 Å². The zero-order chi connectivity index (χ0) is 14.6. The number of sulfonamides is 1. The number of hydrogen-bond donors (Lipinski definition) is 1. The summed E-state index contributed by atoms with van der Waals surface area (Å²) in [5, 5.41) is 4.72. The van der Waals surface area contributed by atoms with Gasteiger partial charge in [-0.25, -0.2) is 8.42 Å². The second-order valence-electron chi connectivity index (χ2n) is 4.53. The van der Waals surface area contributed by atoms with Gasteiger partial charge in [-0.1, -0.05) is 30.3 Å². The Morgan fingerprint density at radius 1 is 1.25 bits per heavy atom. The molecule has 0 saturated heterocycles. The van der Waals surface area contributed by atoms with E-state index in [1.807, 2.05) is 37.4 Å². The van der Waals surface area contributed by atoms with Crippen molar-refractivity contribution in [3.8, 4) is 0 Å². The van der Waals surface area contributed by atoms with Crippen LogP contribution < -0.4 is 5.32 Å². The minimum absolute atomic E-state index is 0.367. The summed E-state index contributed by atoms with van der Waals surface area (Å²) < 4.78 is 26.3. The highest BCUT2D eigenvalue weighted by molar-refractivity contribution is 7.89. The summed E-state index contributed by atoms with van der Waals surface area (Å²) in [4.78, 5) is 1.38. The number of nitrogens with one attached hydrogen (secondary N) is 1. The first kappa shape index (κ1) is 15.2. The topological polar surface area (TPSA) is 49.4 Å². The number of hydrogen-bond acceptors (Lipinski definition) is 4. The van der Waals surface area contributed by atoms with E-state index in [0.717, 1.165) is 10.4 Å². The average molecular weight is 310 g/mol. The molecule has 0 aliphatic carbocycles. The normalized spacial score (nSPS) is 11.9. The molecule has 0 unspecified atom stereocenters. The molecule has 4 nitrogen and oxygen atoms in total. The van der Waals surface area contributed by atoms with Crippen LogP contribution in [0.3, 0.4) is 0 Å². The Bertz CT molecular complexity index is 651. The molecule has 2 rings (SSSR count). The fourth-order valence-electron chi connectivity index (χ4n) is 1.87. The van der Waals surface area contributed by atoms with Crippen LogP contribution in [0.4, 0.5) is 0 Å². The SMILES string of the molecule is CNCc1cc(S(=O)(=O)N(C)Cc2ccccc2)cs1. The summed E-state index contributed by atoms with van der Waals surface area (Å²) in [6, 6.07) is 11.3. The summed E-state index contributed by atoms with van der Waals surface area (Å²) in [5.74, 6) is 0. The number of rotatable bonds is 6. The molecule has 1 aromatic carbocycles. The van der Waals surface area contributed by atoms with Crippen LogP contribution in [0.15, 0.2) is 46.7 Å². The van der Waals surface area contributed by atoms with Gasteiger partial charge < -0.3 is 5.32 Å². The summed E-state index contributed by atoms with van der Waals surface area (Å²) in [5.41, 5.74) is 0.976. The Hall–Kier alpha value is -1.21. The molecule has 1 aromatic heterocycles. The molecule has 1 heterocycles.